The molecule has 118 valence electrons. The van der Waals surface area contributed by atoms with Crippen molar-refractivity contribution in [3.05, 3.63) is 50.7 Å². The van der Waals surface area contributed by atoms with Gasteiger partial charge in [-0.2, -0.15) is 0 Å². The van der Waals surface area contributed by atoms with Crippen LogP contribution in [0, 0.1) is 6.92 Å². The van der Waals surface area contributed by atoms with Gasteiger partial charge in [-0.25, -0.2) is 0 Å². The molecule has 0 saturated carbocycles. The summed E-state index contributed by atoms with van der Waals surface area (Å²) >= 11 is 7.99. The van der Waals surface area contributed by atoms with Crippen molar-refractivity contribution in [2.75, 3.05) is 6.54 Å². The highest BCUT2D eigenvalue weighted by Gasteiger charge is 2.24. The van der Waals surface area contributed by atoms with E-state index >= 15 is 0 Å². The number of phenols is 1. The Hall–Kier alpha value is -1.03. The maximum absolute atomic E-state index is 10.1. The largest absolute Gasteiger partial charge is 0.508 e. The first kappa shape index (κ1) is 15.9. The summed E-state index contributed by atoms with van der Waals surface area (Å²) in [5, 5.41) is 10.8. The van der Waals surface area contributed by atoms with E-state index in [-0.39, 0.29) is 0 Å². The standard InChI is InChI=1S/C18H22ClNOS/c1-13-6-9-18(22-13)16-5-3-2-4-10-20(16)12-14-11-15(19)7-8-17(14)21/h6-9,11,16,21H,2-5,10,12H2,1H3/t16-/m1/s1. The molecule has 1 N–H and O–H groups in total. The number of phenolic OH excluding ortho intramolecular Hbond substituents is 1. The van der Waals surface area contributed by atoms with E-state index in [9.17, 15) is 5.11 Å². The number of hydrogen-bond acceptors (Lipinski definition) is 3. The van der Waals surface area contributed by atoms with Crippen LogP contribution in [0.1, 0.15) is 47.0 Å². The van der Waals surface area contributed by atoms with Gasteiger partial charge in [-0.3, -0.25) is 4.90 Å². The monoisotopic (exact) mass is 335 g/mol. The molecule has 0 amide bonds. The summed E-state index contributed by atoms with van der Waals surface area (Å²) in [5.41, 5.74) is 0.924. The average molecular weight is 336 g/mol. The van der Waals surface area contributed by atoms with Crippen molar-refractivity contribution >= 4 is 22.9 Å². The van der Waals surface area contributed by atoms with Gasteiger partial charge in [-0.1, -0.05) is 24.4 Å². The van der Waals surface area contributed by atoms with E-state index in [2.05, 4.69) is 24.0 Å². The smallest absolute Gasteiger partial charge is 0.120 e. The van der Waals surface area contributed by atoms with E-state index in [4.69, 9.17) is 11.6 Å². The van der Waals surface area contributed by atoms with Crippen LogP contribution in [0.25, 0.3) is 0 Å². The lowest BCUT2D eigenvalue weighted by molar-refractivity contribution is 0.193. The van der Waals surface area contributed by atoms with Crippen LogP contribution in [0.15, 0.2) is 30.3 Å². The first-order chi connectivity index (χ1) is 10.6. The fourth-order valence-electron chi connectivity index (χ4n) is 3.21. The van der Waals surface area contributed by atoms with Crippen molar-refractivity contribution in [1.82, 2.24) is 4.90 Å². The van der Waals surface area contributed by atoms with Crippen molar-refractivity contribution in [3.63, 3.8) is 0 Å². The lowest BCUT2D eigenvalue weighted by Crippen LogP contribution is -2.27. The Morgan fingerprint density at radius 2 is 2.09 bits per heavy atom. The van der Waals surface area contributed by atoms with Gasteiger partial charge in [0.2, 0.25) is 0 Å². The minimum atomic E-state index is 0.342. The van der Waals surface area contributed by atoms with Crippen molar-refractivity contribution in [2.24, 2.45) is 0 Å². The van der Waals surface area contributed by atoms with E-state index in [0.717, 1.165) is 18.7 Å². The summed E-state index contributed by atoms with van der Waals surface area (Å²) in [6.45, 7) is 4.00. The molecule has 0 spiro atoms. The summed E-state index contributed by atoms with van der Waals surface area (Å²) in [4.78, 5) is 5.31. The topological polar surface area (TPSA) is 23.5 Å². The predicted molar refractivity (Wildman–Crippen MR) is 93.8 cm³/mol. The van der Waals surface area contributed by atoms with E-state index in [0.29, 0.717) is 16.8 Å². The highest BCUT2D eigenvalue weighted by Crippen LogP contribution is 2.36. The molecule has 1 fully saturated rings. The molecule has 2 nitrogen and oxygen atoms in total. The molecule has 3 rings (SSSR count). The Bertz CT molecular complexity index is 640. The molecule has 1 saturated heterocycles. The van der Waals surface area contributed by atoms with Gasteiger partial charge >= 0.3 is 0 Å². The number of thiophene rings is 1. The number of nitrogens with zero attached hydrogens (tertiary/aromatic N) is 1. The van der Waals surface area contributed by atoms with Crippen LogP contribution in [-0.4, -0.2) is 16.6 Å². The molecule has 1 aromatic carbocycles. The van der Waals surface area contributed by atoms with Crippen LogP contribution in [0.4, 0.5) is 0 Å². The molecule has 0 unspecified atom stereocenters. The van der Waals surface area contributed by atoms with Crippen LogP contribution in [-0.2, 0) is 6.54 Å². The van der Waals surface area contributed by atoms with E-state index in [1.165, 1.54) is 35.4 Å². The minimum absolute atomic E-state index is 0.342. The van der Waals surface area contributed by atoms with Crippen molar-refractivity contribution < 1.29 is 5.11 Å². The quantitative estimate of drug-likeness (QED) is 0.796. The third kappa shape index (κ3) is 3.65. The van der Waals surface area contributed by atoms with Crippen molar-refractivity contribution in [3.8, 4) is 5.75 Å². The molecular weight excluding hydrogens is 314 g/mol. The normalized spacial score (nSPS) is 20.0. The number of aromatic hydroxyl groups is 1. The molecule has 2 aromatic rings. The molecule has 1 aliphatic heterocycles. The molecule has 0 radical (unpaired) electrons. The predicted octanol–water partition coefficient (Wildman–Crippen LogP) is 5.53. The first-order valence-corrected chi connectivity index (χ1v) is 9.11. The summed E-state index contributed by atoms with van der Waals surface area (Å²) in [5.74, 6) is 0.342. The second-order valence-electron chi connectivity index (χ2n) is 6.06. The lowest BCUT2D eigenvalue weighted by Gasteiger charge is -2.29. The average Bonchev–Trinajstić information content (AvgIpc) is 2.78. The third-order valence-corrected chi connectivity index (χ3v) is 5.71. The Morgan fingerprint density at radius 1 is 1.23 bits per heavy atom. The van der Waals surface area contributed by atoms with E-state index in [1.807, 2.05) is 17.4 Å². The fraction of sp³-hybridized carbons (Fsp3) is 0.444. The van der Waals surface area contributed by atoms with Crippen LogP contribution in [0.3, 0.4) is 0 Å². The summed E-state index contributed by atoms with van der Waals surface area (Å²) < 4.78 is 0. The maximum atomic E-state index is 10.1. The highest BCUT2D eigenvalue weighted by molar-refractivity contribution is 7.12. The second kappa shape index (κ2) is 7.03. The molecule has 0 bridgehead atoms. The zero-order valence-corrected chi connectivity index (χ0v) is 14.5. The molecule has 1 aliphatic rings. The van der Waals surface area contributed by atoms with Crippen LogP contribution >= 0.6 is 22.9 Å². The number of benzene rings is 1. The van der Waals surface area contributed by atoms with Gasteiger partial charge in [0.15, 0.2) is 0 Å². The van der Waals surface area contributed by atoms with Gasteiger partial charge in [-0.15, -0.1) is 11.3 Å². The number of rotatable bonds is 3. The zero-order chi connectivity index (χ0) is 15.5. The third-order valence-electron chi connectivity index (χ3n) is 4.37. The van der Waals surface area contributed by atoms with E-state index in [1.54, 1.807) is 12.1 Å². The maximum Gasteiger partial charge on any atom is 0.120 e. The van der Waals surface area contributed by atoms with E-state index < -0.39 is 0 Å². The Balaban J connectivity index is 1.85. The van der Waals surface area contributed by atoms with Crippen LogP contribution < -0.4 is 0 Å². The van der Waals surface area contributed by atoms with Gasteiger partial charge < -0.3 is 5.11 Å². The molecular formula is C18H22ClNOS. The Kier molecular flexibility index (Phi) is 5.07. The zero-order valence-electron chi connectivity index (χ0n) is 12.9. The fourth-order valence-corrected chi connectivity index (χ4v) is 4.45. The van der Waals surface area contributed by atoms with Gasteiger partial charge in [0, 0.05) is 32.9 Å². The second-order valence-corrected chi connectivity index (χ2v) is 7.81. The van der Waals surface area contributed by atoms with Crippen molar-refractivity contribution in [2.45, 2.75) is 45.2 Å². The van der Waals surface area contributed by atoms with Crippen LogP contribution in [0.5, 0.6) is 5.75 Å². The summed E-state index contributed by atoms with van der Waals surface area (Å²) in [6, 6.07) is 10.3. The van der Waals surface area contributed by atoms with Crippen LogP contribution in [0.2, 0.25) is 5.02 Å². The number of halogens is 1. The van der Waals surface area contributed by atoms with Crippen molar-refractivity contribution in [1.29, 1.82) is 0 Å². The van der Waals surface area contributed by atoms with Gasteiger partial charge in [-0.05, 0) is 56.6 Å². The molecule has 2 heterocycles. The molecule has 0 aliphatic carbocycles. The minimum Gasteiger partial charge on any atom is -0.508 e. The molecule has 1 atom stereocenters. The number of likely N-dealkylation sites (tertiary alicyclic amines) is 1. The first-order valence-electron chi connectivity index (χ1n) is 7.91. The number of aryl methyl sites for hydroxylation is 1. The Morgan fingerprint density at radius 3 is 2.86 bits per heavy atom. The summed E-state index contributed by atoms with van der Waals surface area (Å²) in [7, 11) is 0. The lowest BCUT2D eigenvalue weighted by atomic mass is 10.1. The SMILES string of the molecule is Cc1ccc([C@H]2CCCCCN2Cc2cc(Cl)ccc2O)s1. The Labute approximate surface area is 141 Å². The molecule has 1 aromatic heterocycles. The molecule has 4 heteroatoms. The number of hydrogen-bond donors (Lipinski definition) is 1. The van der Waals surface area contributed by atoms with Gasteiger partial charge in [0.25, 0.3) is 0 Å². The highest BCUT2D eigenvalue weighted by atomic mass is 35.5. The van der Waals surface area contributed by atoms with Gasteiger partial charge in [0.05, 0.1) is 0 Å². The summed E-state index contributed by atoms with van der Waals surface area (Å²) in [6.07, 6.45) is 4.99. The van der Waals surface area contributed by atoms with Gasteiger partial charge in [0.1, 0.15) is 5.75 Å². The molecule has 22 heavy (non-hydrogen) atoms.